The summed E-state index contributed by atoms with van der Waals surface area (Å²) in [4.78, 5) is 29.7. The van der Waals surface area contributed by atoms with Gasteiger partial charge >= 0.3 is 0 Å². The first kappa shape index (κ1) is 21.8. The maximum atomic E-state index is 13.1. The summed E-state index contributed by atoms with van der Waals surface area (Å²) in [5.74, 6) is 0.139. The Bertz CT molecular complexity index is 843. The van der Waals surface area contributed by atoms with Crippen LogP contribution in [0.1, 0.15) is 36.2 Å². The fraction of sp³-hybridized carbons (Fsp3) is 0.619. The van der Waals surface area contributed by atoms with E-state index >= 15 is 0 Å². The van der Waals surface area contributed by atoms with E-state index in [1.165, 1.54) is 0 Å². The van der Waals surface area contributed by atoms with Crippen LogP contribution in [0.25, 0.3) is 0 Å². The molecule has 2 aliphatic rings. The first-order chi connectivity index (χ1) is 13.7. The average molecular weight is 422 g/mol. The minimum absolute atomic E-state index is 0.0325. The van der Waals surface area contributed by atoms with E-state index in [0.717, 1.165) is 5.56 Å². The van der Waals surface area contributed by atoms with E-state index in [1.807, 2.05) is 32.9 Å². The number of benzene rings is 1. The monoisotopic (exact) mass is 421 g/mol. The Morgan fingerprint density at radius 3 is 2.21 bits per heavy atom. The molecule has 0 aliphatic carbocycles. The molecule has 2 saturated heterocycles. The third kappa shape index (κ3) is 5.36. The Morgan fingerprint density at radius 1 is 1.07 bits per heavy atom. The van der Waals surface area contributed by atoms with Crippen LogP contribution in [0, 0.1) is 12.8 Å². The molecule has 1 N–H and O–H groups in total. The molecule has 0 spiro atoms. The number of carbonyl (C=O) groups is 2. The highest BCUT2D eigenvalue weighted by Crippen LogP contribution is 2.20. The number of piperazine rings is 1. The summed E-state index contributed by atoms with van der Waals surface area (Å²) >= 11 is 0. The van der Waals surface area contributed by atoms with Crippen molar-refractivity contribution in [1.82, 2.24) is 15.1 Å². The number of carbonyl (C=O) groups excluding carboxylic acids is 2. The van der Waals surface area contributed by atoms with Crippen molar-refractivity contribution in [3.05, 3.63) is 35.4 Å². The zero-order valence-electron chi connectivity index (χ0n) is 17.4. The fourth-order valence-electron chi connectivity index (χ4n) is 4.01. The van der Waals surface area contributed by atoms with Crippen LogP contribution in [0.4, 0.5) is 0 Å². The highest BCUT2D eigenvalue weighted by atomic mass is 32.2. The van der Waals surface area contributed by atoms with Gasteiger partial charge in [0.2, 0.25) is 5.91 Å². The van der Waals surface area contributed by atoms with Gasteiger partial charge in [-0.3, -0.25) is 14.5 Å². The summed E-state index contributed by atoms with van der Waals surface area (Å²) in [7, 11) is -2.91. The Morgan fingerprint density at radius 2 is 1.69 bits per heavy atom. The molecule has 29 heavy (non-hydrogen) atoms. The molecule has 1 aromatic carbocycles. The zero-order valence-corrected chi connectivity index (χ0v) is 18.2. The average Bonchev–Trinajstić information content (AvgIpc) is 3.05. The molecule has 0 bridgehead atoms. The van der Waals surface area contributed by atoms with Crippen molar-refractivity contribution >= 4 is 21.7 Å². The maximum absolute atomic E-state index is 13.1. The summed E-state index contributed by atoms with van der Waals surface area (Å²) in [6.45, 7) is 8.27. The minimum atomic E-state index is -2.91. The zero-order chi connectivity index (χ0) is 21.2. The van der Waals surface area contributed by atoms with Gasteiger partial charge in [0, 0.05) is 37.8 Å². The molecule has 2 atom stereocenters. The molecule has 3 rings (SSSR count). The number of rotatable bonds is 5. The predicted octanol–water partition coefficient (Wildman–Crippen LogP) is 1.08. The number of hydrogen-bond acceptors (Lipinski definition) is 5. The lowest BCUT2D eigenvalue weighted by Gasteiger charge is -2.39. The van der Waals surface area contributed by atoms with Crippen molar-refractivity contribution in [2.45, 2.75) is 39.3 Å². The lowest BCUT2D eigenvalue weighted by atomic mass is 10.0. The first-order valence-electron chi connectivity index (χ1n) is 10.3. The number of hydrogen-bond donors (Lipinski definition) is 1. The maximum Gasteiger partial charge on any atom is 0.251 e. The van der Waals surface area contributed by atoms with Gasteiger partial charge < -0.3 is 10.2 Å². The van der Waals surface area contributed by atoms with Crippen molar-refractivity contribution in [1.29, 1.82) is 0 Å². The number of sulfone groups is 1. The normalized spacial score (nSPS) is 23.2. The van der Waals surface area contributed by atoms with Crippen LogP contribution in [0.3, 0.4) is 0 Å². The van der Waals surface area contributed by atoms with Gasteiger partial charge in [-0.2, -0.15) is 0 Å². The predicted molar refractivity (Wildman–Crippen MR) is 112 cm³/mol. The molecule has 1 aromatic rings. The second-order valence-electron chi connectivity index (χ2n) is 8.48. The Hall–Kier alpha value is -1.93. The molecule has 2 aliphatic heterocycles. The molecular formula is C21H31N3O4S. The van der Waals surface area contributed by atoms with Gasteiger partial charge in [0.1, 0.15) is 6.04 Å². The molecule has 8 heteroatoms. The minimum Gasteiger partial charge on any atom is -0.340 e. The van der Waals surface area contributed by atoms with Crippen LogP contribution in [0.5, 0.6) is 0 Å². The van der Waals surface area contributed by atoms with E-state index in [2.05, 4.69) is 10.2 Å². The van der Waals surface area contributed by atoms with Gasteiger partial charge in [-0.25, -0.2) is 8.42 Å². The number of aryl methyl sites for hydroxylation is 1. The van der Waals surface area contributed by atoms with Crippen molar-refractivity contribution < 1.29 is 18.0 Å². The van der Waals surface area contributed by atoms with Gasteiger partial charge in [0.05, 0.1) is 11.5 Å². The van der Waals surface area contributed by atoms with Gasteiger partial charge in [-0.15, -0.1) is 0 Å². The van der Waals surface area contributed by atoms with Crippen LogP contribution in [-0.4, -0.2) is 79.8 Å². The van der Waals surface area contributed by atoms with E-state index in [0.29, 0.717) is 38.2 Å². The van der Waals surface area contributed by atoms with Crippen LogP contribution < -0.4 is 5.32 Å². The topological polar surface area (TPSA) is 86.8 Å². The van der Waals surface area contributed by atoms with Gasteiger partial charge in [-0.05, 0) is 31.4 Å². The molecule has 2 fully saturated rings. The Balaban J connectivity index is 1.58. The van der Waals surface area contributed by atoms with E-state index in [9.17, 15) is 18.0 Å². The lowest BCUT2D eigenvalue weighted by molar-refractivity contribution is -0.136. The van der Waals surface area contributed by atoms with Crippen LogP contribution in [0.2, 0.25) is 0 Å². The van der Waals surface area contributed by atoms with Crippen molar-refractivity contribution in [2.24, 2.45) is 5.92 Å². The van der Waals surface area contributed by atoms with Crippen molar-refractivity contribution in [2.75, 3.05) is 37.7 Å². The Kier molecular flexibility index (Phi) is 6.63. The molecule has 7 nitrogen and oxygen atoms in total. The molecule has 1 unspecified atom stereocenters. The standard InChI is InChI=1S/C21H31N3O4S/c1-15(2)19(22-20(25)17-6-4-16(3)5-7-17)21(26)24-11-9-23(10-12-24)18-8-13-29(27,28)14-18/h4-7,15,18-19H,8-14H2,1-3H3,(H,22,25)/t18?,19-/m0/s1. The summed E-state index contributed by atoms with van der Waals surface area (Å²) in [5.41, 5.74) is 1.62. The molecule has 0 radical (unpaired) electrons. The largest absolute Gasteiger partial charge is 0.340 e. The van der Waals surface area contributed by atoms with Crippen LogP contribution >= 0.6 is 0 Å². The van der Waals surface area contributed by atoms with Gasteiger partial charge in [0.25, 0.3) is 5.91 Å². The molecule has 0 saturated carbocycles. The number of nitrogens with one attached hydrogen (secondary N) is 1. The smallest absolute Gasteiger partial charge is 0.251 e. The highest BCUT2D eigenvalue weighted by molar-refractivity contribution is 7.91. The summed E-state index contributed by atoms with van der Waals surface area (Å²) in [6.07, 6.45) is 0.678. The third-order valence-electron chi connectivity index (χ3n) is 5.88. The summed E-state index contributed by atoms with van der Waals surface area (Å²) in [5, 5.41) is 2.90. The quantitative estimate of drug-likeness (QED) is 0.769. The second-order valence-corrected chi connectivity index (χ2v) is 10.7. The molecule has 160 valence electrons. The summed E-state index contributed by atoms with van der Waals surface area (Å²) < 4.78 is 23.5. The van der Waals surface area contributed by atoms with E-state index in [4.69, 9.17) is 0 Å². The lowest BCUT2D eigenvalue weighted by Crippen LogP contribution is -2.57. The number of amides is 2. The van der Waals surface area contributed by atoms with Crippen LogP contribution in [-0.2, 0) is 14.6 Å². The second kappa shape index (κ2) is 8.83. The van der Waals surface area contributed by atoms with E-state index in [-0.39, 0.29) is 35.3 Å². The van der Waals surface area contributed by atoms with Crippen molar-refractivity contribution in [3.8, 4) is 0 Å². The van der Waals surface area contributed by atoms with E-state index < -0.39 is 15.9 Å². The van der Waals surface area contributed by atoms with E-state index in [1.54, 1.807) is 17.0 Å². The Labute approximate surface area is 173 Å². The van der Waals surface area contributed by atoms with Gasteiger partial charge in [0.15, 0.2) is 9.84 Å². The number of nitrogens with zero attached hydrogens (tertiary/aromatic N) is 2. The molecular weight excluding hydrogens is 390 g/mol. The first-order valence-corrected chi connectivity index (χ1v) is 12.1. The highest BCUT2D eigenvalue weighted by Gasteiger charge is 2.36. The SMILES string of the molecule is Cc1ccc(C(=O)N[C@H](C(=O)N2CCN(C3CCS(=O)(=O)C3)CC2)C(C)C)cc1. The third-order valence-corrected chi connectivity index (χ3v) is 7.63. The summed E-state index contributed by atoms with van der Waals surface area (Å²) in [6, 6.07) is 6.77. The fourth-order valence-corrected chi connectivity index (χ4v) is 5.77. The molecule has 2 heterocycles. The molecule has 0 aromatic heterocycles. The van der Waals surface area contributed by atoms with Crippen molar-refractivity contribution in [3.63, 3.8) is 0 Å². The molecule has 2 amide bonds. The van der Waals surface area contributed by atoms with Gasteiger partial charge in [-0.1, -0.05) is 31.5 Å². The van der Waals surface area contributed by atoms with Crippen LogP contribution in [0.15, 0.2) is 24.3 Å².